The zero-order valence-electron chi connectivity index (χ0n) is 18.7. The molecule has 1 aromatic carbocycles. The Balaban J connectivity index is 1.48. The van der Waals surface area contributed by atoms with E-state index < -0.39 is 0 Å². The molecule has 2 aromatic rings. The Labute approximate surface area is 179 Å². The summed E-state index contributed by atoms with van der Waals surface area (Å²) in [7, 11) is 2.02. The summed E-state index contributed by atoms with van der Waals surface area (Å²) < 4.78 is 2.05. The Kier molecular flexibility index (Phi) is 4.64. The Bertz CT molecular complexity index is 976. The number of carbonyl (C=O) groups is 1. The zero-order valence-corrected chi connectivity index (χ0v) is 18.7. The van der Waals surface area contributed by atoms with Gasteiger partial charge in [0.15, 0.2) is 5.82 Å². The highest BCUT2D eigenvalue weighted by molar-refractivity contribution is 5.75. The summed E-state index contributed by atoms with van der Waals surface area (Å²) in [6.45, 7) is 9.43. The van der Waals surface area contributed by atoms with Crippen LogP contribution in [-0.2, 0) is 18.9 Å². The normalized spacial score (nSPS) is 28.4. The molecule has 0 unspecified atom stereocenters. The number of likely N-dealkylation sites (tertiary alicyclic amines) is 2. The van der Waals surface area contributed by atoms with Crippen molar-refractivity contribution in [1.29, 1.82) is 0 Å². The molecule has 30 heavy (non-hydrogen) atoms. The summed E-state index contributed by atoms with van der Waals surface area (Å²) in [6.07, 6.45) is 5.50. The topological polar surface area (TPSA) is 54.3 Å². The highest BCUT2D eigenvalue weighted by atomic mass is 16.2. The van der Waals surface area contributed by atoms with E-state index in [-0.39, 0.29) is 17.5 Å². The van der Waals surface area contributed by atoms with E-state index in [0.717, 1.165) is 62.5 Å². The molecule has 2 bridgehead atoms. The van der Waals surface area contributed by atoms with Gasteiger partial charge in [-0.25, -0.2) is 4.79 Å². The van der Waals surface area contributed by atoms with E-state index in [2.05, 4.69) is 56.6 Å². The highest BCUT2D eigenvalue weighted by Crippen LogP contribution is 2.49. The van der Waals surface area contributed by atoms with Crippen LogP contribution >= 0.6 is 0 Å². The fraction of sp³-hybridized carbons (Fsp3) is 0.625. The molecule has 1 aliphatic carbocycles. The number of fused-ring (bicyclic) bond motifs is 4. The molecule has 6 heteroatoms. The summed E-state index contributed by atoms with van der Waals surface area (Å²) in [4.78, 5) is 17.6. The molecule has 0 N–H and O–H groups in total. The fourth-order valence-electron chi connectivity index (χ4n) is 5.92. The first-order valence-electron chi connectivity index (χ1n) is 11.5. The van der Waals surface area contributed by atoms with Gasteiger partial charge in [-0.05, 0) is 67.6 Å². The van der Waals surface area contributed by atoms with Crippen LogP contribution in [0.5, 0.6) is 0 Å². The standard InChI is InChI=1S/C24H33N5O/c1-16-21-15-18-8-9-19(22-26-25-17(2)27(22)4)14-20(18)24(16,3)10-13-29(21)23(30)28-11-6-5-7-12-28/h8-9,14,16,21H,5-7,10-13,15H2,1-4H3/t16-,21-,24-/m1/s1. The Morgan fingerprint density at radius 1 is 1.13 bits per heavy atom. The first kappa shape index (κ1) is 19.6. The third-order valence-electron chi connectivity index (χ3n) is 8.23. The van der Waals surface area contributed by atoms with Crippen molar-refractivity contribution in [3.63, 3.8) is 0 Å². The van der Waals surface area contributed by atoms with Gasteiger partial charge in [-0.2, -0.15) is 0 Å². The molecule has 1 aromatic heterocycles. The number of urea groups is 1. The van der Waals surface area contributed by atoms with Gasteiger partial charge in [0, 0.05) is 38.3 Å². The van der Waals surface area contributed by atoms with Crippen LogP contribution in [0.15, 0.2) is 18.2 Å². The fourth-order valence-corrected chi connectivity index (χ4v) is 5.92. The van der Waals surface area contributed by atoms with Crippen molar-refractivity contribution < 1.29 is 4.79 Å². The van der Waals surface area contributed by atoms with Gasteiger partial charge in [-0.15, -0.1) is 10.2 Å². The lowest BCUT2D eigenvalue weighted by atomic mass is 9.59. The maximum absolute atomic E-state index is 13.3. The van der Waals surface area contributed by atoms with Gasteiger partial charge >= 0.3 is 6.03 Å². The second-order valence-electron chi connectivity index (χ2n) is 9.75. The second kappa shape index (κ2) is 7.10. The first-order chi connectivity index (χ1) is 14.4. The molecule has 3 aliphatic rings. The SMILES string of the molecule is Cc1nnc(-c2ccc3c(c2)[C@]2(C)CCN(C(=O)N4CCCCC4)[C@H](C3)[C@H]2C)n1C. The smallest absolute Gasteiger partial charge is 0.320 e. The lowest BCUT2D eigenvalue weighted by molar-refractivity contribution is 0.0386. The minimum atomic E-state index is 0.0839. The maximum atomic E-state index is 13.3. The van der Waals surface area contributed by atoms with Crippen molar-refractivity contribution in [2.75, 3.05) is 19.6 Å². The van der Waals surface area contributed by atoms with Gasteiger partial charge in [0.05, 0.1) is 0 Å². The molecule has 5 rings (SSSR count). The molecule has 3 atom stereocenters. The third kappa shape index (κ3) is 2.87. The maximum Gasteiger partial charge on any atom is 0.320 e. The summed E-state index contributed by atoms with van der Waals surface area (Å²) in [5.41, 5.74) is 4.05. The van der Waals surface area contributed by atoms with Crippen LogP contribution in [0, 0.1) is 12.8 Å². The van der Waals surface area contributed by atoms with E-state index >= 15 is 0 Å². The number of aromatic nitrogens is 3. The molecule has 0 radical (unpaired) electrons. The first-order valence-corrected chi connectivity index (χ1v) is 11.5. The number of rotatable bonds is 1. The lowest BCUT2D eigenvalue weighted by Crippen LogP contribution is -2.62. The van der Waals surface area contributed by atoms with Gasteiger partial charge in [0.25, 0.3) is 0 Å². The number of benzene rings is 1. The van der Waals surface area contributed by atoms with E-state index in [1.165, 1.54) is 17.5 Å². The van der Waals surface area contributed by atoms with Crippen molar-refractivity contribution in [3.05, 3.63) is 35.2 Å². The van der Waals surface area contributed by atoms with E-state index in [9.17, 15) is 4.79 Å². The predicted octanol–water partition coefficient (Wildman–Crippen LogP) is 3.92. The van der Waals surface area contributed by atoms with Crippen LogP contribution in [0.1, 0.15) is 56.5 Å². The van der Waals surface area contributed by atoms with Crippen molar-refractivity contribution in [2.45, 2.75) is 64.3 Å². The van der Waals surface area contributed by atoms with Crippen LogP contribution in [0.4, 0.5) is 4.79 Å². The van der Waals surface area contributed by atoms with Crippen molar-refractivity contribution in [3.8, 4) is 11.4 Å². The van der Waals surface area contributed by atoms with Gasteiger partial charge in [0.2, 0.25) is 0 Å². The largest absolute Gasteiger partial charge is 0.325 e. The Hall–Kier alpha value is -2.37. The van der Waals surface area contributed by atoms with Crippen LogP contribution in [0.2, 0.25) is 0 Å². The number of amides is 2. The van der Waals surface area contributed by atoms with E-state index in [4.69, 9.17) is 0 Å². The highest BCUT2D eigenvalue weighted by Gasteiger charge is 2.50. The molecule has 0 saturated carbocycles. The number of hydrogen-bond acceptors (Lipinski definition) is 3. The number of nitrogens with zero attached hydrogens (tertiary/aromatic N) is 5. The van der Waals surface area contributed by atoms with Gasteiger partial charge in [-0.1, -0.05) is 26.0 Å². The minimum Gasteiger partial charge on any atom is -0.325 e. The Morgan fingerprint density at radius 3 is 2.60 bits per heavy atom. The minimum absolute atomic E-state index is 0.0839. The molecular weight excluding hydrogens is 374 g/mol. The van der Waals surface area contributed by atoms with Crippen LogP contribution < -0.4 is 0 Å². The van der Waals surface area contributed by atoms with Crippen molar-refractivity contribution >= 4 is 6.03 Å². The zero-order chi connectivity index (χ0) is 21.0. The van der Waals surface area contributed by atoms with Crippen LogP contribution in [0.3, 0.4) is 0 Å². The van der Waals surface area contributed by atoms with Crippen LogP contribution in [0.25, 0.3) is 11.4 Å². The molecule has 2 saturated heterocycles. The van der Waals surface area contributed by atoms with Crippen molar-refractivity contribution in [1.82, 2.24) is 24.6 Å². The summed E-state index contributed by atoms with van der Waals surface area (Å²) in [5.74, 6) is 2.28. The predicted molar refractivity (Wildman–Crippen MR) is 117 cm³/mol. The quantitative estimate of drug-likeness (QED) is 0.720. The molecule has 160 valence electrons. The number of piperidine rings is 2. The van der Waals surface area contributed by atoms with Gasteiger partial charge in [-0.3, -0.25) is 0 Å². The molecule has 3 heterocycles. The number of carbonyl (C=O) groups excluding carboxylic acids is 1. The summed E-state index contributed by atoms with van der Waals surface area (Å²) >= 11 is 0. The second-order valence-corrected chi connectivity index (χ2v) is 9.75. The van der Waals surface area contributed by atoms with Gasteiger partial charge in [0.1, 0.15) is 5.82 Å². The molecule has 2 fully saturated rings. The monoisotopic (exact) mass is 407 g/mol. The van der Waals surface area contributed by atoms with Gasteiger partial charge < -0.3 is 14.4 Å². The average Bonchev–Trinajstić information content (AvgIpc) is 3.09. The number of aryl methyl sites for hydroxylation is 1. The van der Waals surface area contributed by atoms with E-state index in [0.29, 0.717) is 5.92 Å². The molecular formula is C24H33N5O. The lowest BCUT2D eigenvalue weighted by Gasteiger charge is -2.55. The Morgan fingerprint density at radius 2 is 1.90 bits per heavy atom. The van der Waals surface area contributed by atoms with E-state index in [1.807, 2.05) is 14.0 Å². The molecule has 6 nitrogen and oxygen atoms in total. The molecule has 2 amide bonds. The average molecular weight is 408 g/mol. The summed E-state index contributed by atoms with van der Waals surface area (Å²) in [6, 6.07) is 7.33. The van der Waals surface area contributed by atoms with Crippen molar-refractivity contribution in [2.24, 2.45) is 13.0 Å². The van der Waals surface area contributed by atoms with Crippen LogP contribution in [-0.4, -0.2) is 56.3 Å². The van der Waals surface area contributed by atoms with E-state index in [1.54, 1.807) is 0 Å². The molecule has 2 aliphatic heterocycles. The summed E-state index contributed by atoms with van der Waals surface area (Å²) in [5, 5.41) is 8.63. The molecule has 0 spiro atoms. The third-order valence-corrected chi connectivity index (χ3v) is 8.23. The number of hydrogen-bond donors (Lipinski definition) is 0.